The molecule has 1 aliphatic rings. The Bertz CT molecular complexity index is 557. The fourth-order valence-electron chi connectivity index (χ4n) is 2.65. The summed E-state index contributed by atoms with van der Waals surface area (Å²) in [7, 11) is -3.55. The molecule has 0 unspecified atom stereocenters. The molecule has 0 atom stereocenters. The van der Waals surface area contributed by atoms with E-state index in [0.717, 1.165) is 12.8 Å². The van der Waals surface area contributed by atoms with Crippen LogP contribution >= 0.6 is 0 Å². The van der Waals surface area contributed by atoms with Crippen molar-refractivity contribution in [1.82, 2.24) is 10.0 Å². The molecule has 0 saturated heterocycles. The van der Waals surface area contributed by atoms with Gasteiger partial charge in [-0.05, 0) is 30.4 Å². The summed E-state index contributed by atoms with van der Waals surface area (Å²) in [5, 5.41) is 3.20. The molecule has 2 rings (SSSR count). The zero-order valence-electron chi connectivity index (χ0n) is 13.1. The maximum absolute atomic E-state index is 12.3. The third kappa shape index (κ3) is 4.56. The average molecular weight is 314 g/mol. The van der Waals surface area contributed by atoms with E-state index in [2.05, 4.69) is 17.0 Å². The predicted octanol–water partition coefficient (Wildman–Crippen LogP) is 2.64. The Labute approximate surface area is 127 Å². The first-order valence-electron chi connectivity index (χ1n) is 7.63. The molecule has 1 aliphatic carbocycles. The minimum absolute atomic E-state index is 0.00431. The Balaban J connectivity index is 1.96. The highest BCUT2D eigenvalue weighted by Gasteiger charge is 2.31. The lowest BCUT2D eigenvalue weighted by molar-refractivity contribution is 0.332. The van der Waals surface area contributed by atoms with Gasteiger partial charge in [-0.1, -0.05) is 33.6 Å². The first kappa shape index (κ1) is 16.5. The van der Waals surface area contributed by atoms with E-state index in [0.29, 0.717) is 24.9 Å². The van der Waals surface area contributed by atoms with Gasteiger partial charge < -0.3 is 9.73 Å². The Hall–Kier alpha value is -0.850. The molecule has 21 heavy (non-hydrogen) atoms. The van der Waals surface area contributed by atoms with Crippen LogP contribution in [0.15, 0.2) is 21.6 Å². The van der Waals surface area contributed by atoms with Crippen LogP contribution in [0.25, 0.3) is 0 Å². The van der Waals surface area contributed by atoms with Crippen LogP contribution in [0.2, 0.25) is 0 Å². The summed E-state index contributed by atoms with van der Waals surface area (Å²) in [6.45, 7) is 7.22. The maximum atomic E-state index is 12.3. The van der Waals surface area contributed by atoms with Crippen molar-refractivity contribution in [3.63, 3.8) is 0 Å². The third-order valence-corrected chi connectivity index (χ3v) is 5.36. The number of rotatable bonds is 7. The normalized spacial score (nSPS) is 18.5. The molecule has 1 saturated carbocycles. The summed E-state index contributed by atoms with van der Waals surface area (Å²) in [6.07, 6.45) is 4.53. The van der Waals surface area contributed by atoms with Crippen LogP contribution in [-0.2, 0) is 16.6 Å². The predicted molar refractivity (Wildman–Crippen MR) is 82.4 cm³/mol. The van der Waals surface area contributed by atoms with E-state index < -0.39 is 10.0 Å². The van der Waals surface area contributed by atoms with Crippen LogP contribution in [0.4, 0.5) is 0 Å². The Morgan fingerprint density at radius 1 is 1.29 bits per heavy atom. The van der Waals surface area contributed by atoms with Gasteiger partial charge in [0, 0.05) is 12.6 Å². The van der Waals surface area contributed by atoms with Crippen molar-refractivity contribution in [3.05, 3.63) is 17.9 Å². The highest BCUT2D eigenvalue weighted by atomic mass is 32.2. The highest BCUT2D eigenvalue weighted by molar-refractivity contribution is 7.89. The van der Waals surface area contributed by atoms with E-state index in [1.807, 2.05) is 13.8 Å². The molecule has 0 aliphatic heterocycles. The van der Waals surface area contributed by atoms with E-state index in [1.54, 1.807) is 6.07 Å². The number of hydrogen-bond donors (Lipinski definition) is 2. The molecular weight excluding hydrogens is 288 g/mol. The van der Waals surface area contributed by atoms with Gasteiger partial charge >= 0.3 is 0 Å². The Morgan fingerprint density at radius 2 is 1.95 bits per heavy atom. The molecule has 1 heterocycles. The molecule has 0 radical (unpaired) electrons. The first-order chi connectivity index (χ1) is 9.81. The van der Waals surface area contributed by atoms with Crippen molar-refractivity contribution in [2.24, 2.45) is 5.41 Å². The number of hydrogen-bond acceptors (Lipinski definition) is 4. The zero-order chi connectivity index (χ0) is 15.5. The molecule has 0 amide bonds. The molecule has 120 valence electrons. The van der Waals surface area contributed by atoms with Gasteiger partial charge in [-0.2, -0.15) is 0 Å². The summed E-state index contributed by atoms with van der Waals surface area (Å²) in [5.74, 6) is 0.635. The van der Waals surface area contributed by atoms with Gasteiger partial charge in [-0.15, -0.1) is 0 Å². The van der Waals surface area contributed by atoms with E-state index in [9.17, 15) is 8.42 Å². The molecule has 6 heteroatoms. The van der Waals surface area contributed by atoms with Crippen LogP contribution in [0.5, 0.6) is 0 Å². The minimum Gasteiger partial charge on any atom is -0.447 e. The van der Waals surface area contributed by atoms with Crippen molar-refractivity contribution in [3.8, 4) is 0 Å². The van der Waals surface area contributed by atoms with Crippen molar-refractivity contribution >= 4 is 10.0 Å². The summed E-state index contributed by atoms with van der Waals surface area (Å²) in [6, 6.07) is 3.56. The molecule has 0 aromatic carbocycles. The van der Waals surface area contributed by atoms with E-state index >= 15 is 0 Å². The fourth-order valence-corrected chi connectivity index (χ4v) is 3.79. The third-order valence-electron chi connectivity index (χ3n) is 4.09. The molecule has 1 aromatic heterocycles. The second-order valence-electron chi connectivity index (χ2n) is 6.60. The number of sulfonamides is 1. The fraction of sp³-hybridized carbons (Fsp3) is 0.733. The molecule has 0 bridgehead atoms. The second kappa shape index (κ2) is 6.50. The van der Waals surface area contributed by atoms with Crippen LogP contribution in [0.3, 0.4) is 0 Å². The van der Waals surface area contributed by atoms with Gasteiger partial charge in [0.15, 0.2) is 0 Å². The monoisotopic (exact) mass is 314 g/mol. The van der Waals surface area contributed by atoms with E-state index in [4.69, 9.17) is 4.42 Å². The average Bonchev–Trinajstić information content (AvgIpc) is 3.04. The topological polar surface area (TPSA) is 71.3 Å². The lowest BCUT2D eigenvalue weighted by atomic mass is 9.89. The smallest absolute Gasteiger partial charge is 0.273 e. The number of furan rings is 1. The van der Waals surface area contributed by atoms with Crippen LogP contribution in [0.1, 0.15) is 52.2 Å². The van der Waals surface area contributed by atoms with Gasteiger partial charge in [0.2, 0.25) is 5.09 Å². The van der Waals surface area contributed by atoms with Crippen molar-refractivity contribution in [2.45, 2.75) is 64.1 Å². The SMILES string of the molecule is CC(C)NCc1ccc(S(=O)(=O)NCC2(C)CCCC2)o1. The van der Waals surface area contributed by atoms with Gasteiger partial charge in [0.1, 0.15) is 5.76 Å². The lowest BCUT2D eigenvalue weighted by Gasteiger charge is -2.23. The van der Waals surface area contributed by atoms with Crippen molar-refractivity contribution < 1.29 is 12.8 Å². The second-order valence-corrected chi connectivity index (χ2v) is 8.30. The quantitative estimate of drug-likeness (QED) is 0.811. The Kier molecular flexibility index (Phi) is 5.11. The summed E-state index contributed by atoms with van der Waals surface area (Å²) < 4.78 is 32.6. The molecule has 0 spiro atoms. The van der Waals surface area contributed by atoms with Crippen LogP contribution in [0, 0.1) is 5.41 Å². The molecular formula is C15H26N2O3S. The van der Waals surface area contributed by atoms with E-state index in [1.165, 1.54) is 18.9 Å². The molecule has 5 nitrogen and oxygen atoms in total. The zero-order valence-corrected chi connectivity index (χ0v) is 13.9. The Morgan fingerprint density at radius 3 is 2.57 bits per heavy atom. The van der Waals surface area contributed by atoms with E-state index in [-0.39, 0.29) is 10.5 Å². The van der Waals surface area contributed by atoms with Gasteiger partial charge in [-0.3, -0.25) is 0 Å². The standard InChI is InChI=1S/C15H26N2O3S/c1-12(2)16-10-13-6-7-14(20-13)21(18,19)17-11-15(3)8-4-5-9-15/h6-7,12,16-17H,4-5,8-11H2,1-3H3. The van der Waals surface area contributed by atoms with Crippen molar-refractivity contribution in [1.29, 1.82) is 0 Å². The first-order valence-corrected chi connectivity index (χ1v) is 9.11. The highest BCUT2D eigenvalue weighted by Crippen LogP contribution is 2.37. The van der Waals surface area contributed by atoms with Crippen LogP contribution in [-0.4, -0.2) is 21.0 Å². The van der Waals surface area contributed by atoms with Crippen molar-refractivity contribution in [2.75, 3.05) is 6.54 Å². The molecule has 1 fully saturated rings. The lowest BCUT2D eigenvalue weighted by Crippen LogP contribution is -2.34. The largest absolute Gasteiger partial charge is 0.447 e. The number of nitrogens with one attached hydrogen (secondary N) is 2. The minimum atomic E-state index is -3.55. The van der Waals surface area contributed by atoms with Gasteiger partial charge in [-0.25, -0.2) is 13.1 Å². The summed E-state index contributed by atoms with van der Waals surface area (Å²) in [5.41, 5.74) is 0.0850. The summed E-state index contributed by atoms with van der Waals surface area (Å²) in [4.78, 5) is 0. The van der Waals surface area contributed by atoms with Crippen LogP contribution < -0.4 is 10.0 Å². The van der Waals surface area contributed by atoms with Gasteiger partial charge in [0.05, 0.1) is 6.54 Å². The molecule has 1 aromatic rings. The van der Waals surface area contributed by atoms with Gasteiger partial charge in [0.25, 0.3) is 10.0 Å². The summed E-state index contributed by atoms with van der Waals surface area (Å²) >= 11 is 0. The molecule has 2 N–H and O–H groups in total. The maximum Gasteiger partial charge on any atom is 0.273 e.